The summed E-state index contributed by atoms with van der Waals surface area (Å²) in [5.41, 5.74) is 1.16. The first kappa shape index (κ1) is 22.5. The van der Waals surface area contributed by atoms with Gasteiger partial charge in [-0.3, -0.25) is 19.5 Å². The number of rotatable bonds is 5. The Morgan fingerprint density at radius 2 is 2.09 bits per heavy atom. The number of benzene rings is 2. The topological polar surface area (TPSA) is 122 Å². The lowest BCUT2D eigenvalue weighted by Crippen LogP contribution is -2.39. The van der Waals surface area contributed by atoms with E-state index in [0.717, 1.165) is 5.56 Å². The molecule has 3 aromatic rings. The smallest absolute Gasteiger partial charge is 0.338 e. The maximum Gasteiger partial charge on any atom is 0.338 e. The predicted octanol–water partition coefficient (Wildman–Crippen LogP) is 2.44. The Labute approximate surface area is 202 Å². The van der Waals surface area contributed by atoms with Crippen molar-refractivity contribution in [3.8, 4) is 11.5 Å². The molecule has 35 heavy (non-hydrogen) atoms. The van der Waals surface area contributed by atoms with E-state index in [-0.39, 0.29) is 30.2 Å². The van der Waals surface area contributed by atoms with Gasteiger partial charge in [-0.05, 0) is 43.2 Å². The van der Waals surface area contributed by atoms with Gasteiger partial charge in [0.25, 0.3) is 11.2 Å². The van der Waals surface area contributed by atoms with E-state index in [4.69, 9.17) is 14.2 Å². The van der Waals surface area contributed by atoms with E-state index in [1.54, 1.807) is 44.2 Å². The molecule has 0 saturated carbocycles. The first-order valence-electron chi connectivity index (χ1n) is 10.7. The largest absolute Gasteiger partial charge is 0.463 e. The summed E-state index contributed by atoms with van der Waals surface area (Å²) in [6, 6.07) is 10.3. The van der Waals surface area contributed by atoms with Crippen LogP contribution in [0.2, 0.25) is 0 Å². The number of fused-ring (bicyclic) bond motifs is 2. The van der Waals surface area contributed by atoms with Crippen LogP contribution in [0.4, 0.5) is 5.69 Å². The van der Waals surface area contributed by atoms with Crippen LogP contribution in [-0.2, 0) is 9.53 Å². The second-order valence-corrected chi connectivity index (χ2v) is 8.78. The third-order valence-corrected chi connectivity index (χ3v) is 6.59. The highest BCUT2D eigenvalue weighted by molar-refractivity contribution is 7.07. The van der Waals surface area contributed by atoms with E-state index in [1.807, 2.05) is 0 Å². The Bertz CT molecular complexity index is 1590. The van der Waals surface area contributed by atoms with Gasteiger partial charge in [0, 0.05) is 12.1 Å². The van der Waals surface area contributed by atoms with Crippen LogP contribution in [0.25, 0.3) is 6.08 Å². The molecule has 10 nitrogen and oxygen atoms in total. The molecule has 0 amide bonds. The second kappa shape index (κ2) is 8.84. The van der Waals surface area contributed by atoms with Crippen molar-refractivity contribution in [2.24, 2.45) is 4.99 Å². The van der Waals surface area contributed by atoms with Crippen molar-refractivity contribution < 1.29 is 23.9 Å². The van der Waals surface area contributed by atoms with Gasteiger partial charge in [-0.2, -0.15) is 0 Å². The second-order valence-electron chi connectivity index (χ2n) is 7.77. The maximum absolute atomic E-state index is 13.6. The minimum atomic E-state index is -0.927. The van der Waals surface area contributed by atoms with Crippen LogP contribution in [0.1, 0.15) is 31.0 Å². The molecule has 2 aromatic carbocycles. The van der Waals surface area contributed by atoms with Crippen molar-refractivity contribution in [2.45, 2.75) is 19.9 Å². The van der Waals surface area contributed by atoms with Crippen molar-refractivity contribution in [2.75, 3.05) is 13.4 Å². The van der Waals surface area contributed by atoms with E-state index < -0.39 is 16.9 Å². The van der Waals surface area contributed by atoms with Crippen LogP contribution in [0.15, 0.2) is 63.5 Å². The summed E-state index contributed by atoms with van der Waals surface area (Å²) in [6.07, 6.45) is 1.71. The molecule has 1 atom stereocenters. The minimum absolute atomic E-state index is 0.131. The molecule has 2 aliphatic rings. The molecular weight excluding hydrogens is 474 g/mol. The Morgan fingerprint density at radius 3 is 2.86 bits per heavy atom. The number of aromatic nitrogens is 1. The van der Waals surface area contributed by atoms with Crippen molar-refractivity contribution in [1.29, 1.82) is 0 Å². The number of nitrogens with zero attached hydrogens (tertiary/aromatic N) is 3. The predicted molar refractivity (Wildman–Crippen MR) is 126 cm³/mol. The number of carbonyl (C=O) groups is 1. The van der Waals surface area contributed by atoms with E-state index in [9.17, 15) is 19.7 Å². The summed E-state index contributed by atoms with van der Waals surface area (Å²) >= 11 is 1.17. The third-order valence-electron chi connectivity index (χ3n) is 5.61. The molecule has 3 heterocycles. The lowest BCUT2D eigenvalue weighted by molar-refractivity contribution is -0.384. The molecule has 0 bridgehead atoms. The molecule has 0 saturated heterocycles. The fraction of sp³-hybridized carbons (Fsp3) is 0.208. The number of allylic oxidation sites excluding steroid dienone is 1. The van der Waals surface area contributed by atoms with E-state index in [2.05, 4.69) is 4.99 Å². The summed E-state index contributed by atoms with van der Waals surface area (Å²) in [4.78, 5) is 42.3. The fourth-order valence-corrected chi connectivity index (χ4v) is 5.12. The molecular formula is C24H19N3O7S. The van der Waals surface area contributed by atoms with Crippen LogP contribution in [0, 0.1) is 10.1 Å². The number of hydrogen-bond donors (Lipinski definition) is 0. The van der Waals surface area contributed by atoms with Crippen LogP contribution in [0.5, 0.6) is 11.5 Å². The molecule has 11 heteroatoms. The summed E-state index contributed by atoms with van der Waals surface area (Å²) in [7, 11) is 0. The quantitative estimate of drug-likeness (QED) is 0.304. The Kier molecular flexibility index (Phi) is 5.69. The van der Waals surface area contributed by atoms with Crippen molar-refractivity contribution in [3.63, 3.8) is 0 Å². The van der Waals surface area contributed by atoms with E-state index in [0.29, 0.717) is 32.1 Å². The Morgan fingerprint density at radius 1 is 1.29 bits per heavy atom. The van der Waals surface area contributed by atoms with Gasteiger partial charge in [0.1, 0.15) is 0 Å². The summed E-state index contributed by atoms with van der Waals surface area (Å²) in [6.45, 7) is 3.61. The van der Waals surface area contributed by atoms with Gasteiger partial charge in [-0.25, -0.2) is 9.79 Å². The monoisotopic (exact) mass is 493 g/mol. The first-order chi connectivity index (χ1) is 16.9. The highest BCUT2D eigenvalue weighted by atomic mass is 32.1. The van der Waals surface area contributed by atoms with Gasteiger partial charge in [-0.15, -0.1) is 0 Å². The molecule has 0 spiro atoms. The van der Waals surface area contributed by atoms with Gasteiger partial charge in [0.2, 0.25) is 6.79 Å². The zero-order chi connectivity index (χ0) is 24.7. The maximum atomic E-state index is 13.6. The normalized spacial score (nSPS) is 16.6. The van der Waals surface area contributed by atoms with E-state index >= 15 is 0 Å². The van der Waals surface area contributed by atoms with Crippen molar-refractivity contribution in [1.82, 2.24) is 4.57 Å². The number of nitro groups is 1. The lowest BCUT2D eigenvalue weighted by Gasteiger charge is -2.24. The third kappa shape index (κ3) is 3.99. The number of ether oxygens (including phenoxy) is 3. The number of nitro benzene ring substituents is 1. The summed E-state index contributed by atoms with van der Waals surface area (Å²) in [5.74, 6) is 0.584. The Balaban J connectivity index is 1.71. The number of esters is 1. The van der Waals surface area contributed by atoms with Gasteiger partial charge in [-0.1, -0.05) is 29.5 Å². The van der Waals surface area contributed by atoms with Crippen LogP contribution in [-0.4, -0.2) is 28.9 Å². The lowest BCUT2D eigenvalue weighted by atomic mass is 9.95. The average molecular weight is 493 g/mol. The van der Waals surface area contributed by atoms with Crippen molar-refractivity contribution in [3.05, 3.63) is 94.7 Å². The fourth-order valence-electron chi connectivity index (χ4n) is 4.07. The van der Waals surface area contributed by atoms with E-state index in [1.165, 1.54) is 34.1 Å². The molecule has 0 radical (unpaired) electrons. The number of hydrogen-bond acceptors (Lipinski definition) is 9. The van der Waals surface area contributed by atoms with Gasteiger partial charge in [0.05, 0.1) is 33.4 Å². The SMILES string of the molecule is CCOC(=O)C1=C(C)N=c2s/c(=C/c3ccc4c(c3)OCO4)c(=O)n2[C@H]1c1cccc([N+](=O)[O-])c1. The highest BCUT2D eigenvalue weighted by Gasteiger charge is 2.34. The van der Waals surface area contributed by atoms with Crippen LogP contribution >= 0.6 is 11.3 Å². The zero-order valence-electron chi connectivity index (χ0n) is 18.7. The van der Waals surface area contributed by atoms with Crippen molar-refractivity contribution >= 4 is 29.1 Å². The molecule has 178 valence electrons. The first-order valence-corrected chi connectivity index (χ1v) is 11.5. The summed E-state index contributed by atoms with van der Waals surface area (Å²) < 4.78 is 17.8. The van der Waals surface area contributed by atoms with Gasteiger partial charge < -0.3 is 14.2 Å². The molecule has 0 aliphatic carbocycles. The molecule has 2 aliphatic heterocycles. The number of carbonyl (C=O) groups excluding carboxylic acids is 1. The zero-order valence-corrected chi connectivity index (χ0v) is 19.5. The average Bonchev–Trinajstić information content (AvgIpc) is 3.42. The van der Waals surface area contributed by atoms with Crippen LogP contribution < -0.4 is 24.4 Å². The number of thiazole rings is 1. The molecule has 0 unspecified atom stereocenters. The molecule has 1 aromatic heterocycles. The minimum Gasteiger partial charge on any atom is -0.463 e. The van der Waals surface area contributed by atoms with Gasteiger partial charge in [0.15, 0.2) is 16.3 Å². The number of non-ortho nitro benzene ring substituents is 1. The summed E-state index contributed by atoms with van der Waals surface area (Å²) in [5, 5.41) is 11.4. The highest BCUT2D eigenvalue weighted by Crippen LogP contribution is 2.33. The Hall–Kier alpha value is -4.25. The molecule has 0 fully saturated rings. The standard InChI is InChI=1S/C24H19N3O7S/c1-3-32-23(29)20-13(2)25-24-26(21(20)15-5-4-6-16(11-15)27(30)31)22(28)19(35-24)10-14-7-8-17-18(9-14)34-12-33-17/h4-11,21H,3,12H2,1-2H3/b19-10+/t21-/m0/s1. The van der Waals surface area contributed by atoms with Crippen LogP contribution in [0.3, 0.4) is 0 Å². The molecule has 0 N–H and O–H groups in total. The molecule has 5 rings (SSSR count). The van der Waals surface area contributed by atoms with Gasteiger partial charge >= 0.3 is 5.97 Å².